The number of hydrogen-bond acceptors (Lipinski definition) is 7. The van der Waals surface area contributed by atoms with Crippen molar-refractivity contribution in [2.24, 2.45) is 0 Å². The fraction of sp³-hybridized carbons (Fsp3) is 0.409. The van der Waals surface area contributed by atoms with Crippen molar-refractivity contribution in [3.63, 3.8) is 0 Å². The topological polar surface area (TPSA) is 97.2 Å². The third kappa shape index (κ3) is 5.67. The van der Waals surface area contributed by atoms with E-state index in [1.165, 1.54) is 18.2 Å². The number of anilines is 1. The molecular weight excluding hydrogens is 436 g/mol. The van der Waals surface area contributed by atoms with Crippen LogP contribution < -0.4 is 14.8 Å². The maximum Gasteiger partial charge on any atom is 0.271 e. The number of amides is 1. The van der Waals surface area contributed by atoms with Gasteiger partial charge in [0.25, 0.3) is 5.69 Å². The summed E-state index contributed by atoms with van der Waals surface area (Å²) in [7, 11) is 3.29. The number of nitrogens with zero attached hydrogens (tertiary/aromatic N) is 3. The number of benzene rings is 2. The van der Waals surface area contributed by atoms with Gasteiger partial charge in [0.1, 0.15) is 11.5 Å². The van der Waals surface area contributed by atoms with E-state index in [9.17, 15) is 14.9 Å². The first-order chi connectivity index (χ1) is 15.3. The number of methoxy groups -OCH3 is 2. The standard InChI is InChI=1S/C22H27ClN4O5/c1-15(22(28)24-20-13-17(27(29)30)4-6-19(20)23)26-10-8-25(9-11-26)14-16-12-18(31-2)5-7-21(16)32-3/h4-7,12-13,15H,8-11,14H2,1-3H3,(H,24,28). The zero-order valence-corrected chi connectivity index (χ0v) is 19.1. The molecule has 9 nitrogen and oxygen atoms in total. The minimum atomic E-state index is -0.522. The van der Waals surface area contributed by atoms with Crippen LogP contribution >= 0.6 is 11.6 Å². The molecule has 10 heteroatoms. The number of ether oxygens (including phenoxy) is 2. The average Bonchev–Trinajstić information content (AvgIpc) is 2.80. The lowest BCUT2D eigenvalue weighted by atomic mass is 10.1. The van der Waals surface area contributed by atoms with Gasteiger partial charge in [-0.25, -0.2) is 0 Å². The number of nitrogens with one attached hydrogen (secondary N) is 1. The van der Waals surface area contributed by atoms with Crippen LogP contribution in [-0.4, -0.2) is 67.1 Å². The lowest BCUT2D eigenvalue weighted by molar-refractivity contribution is -0.384. The summed E-state index contributed by atoms with van der Waals surface area (Å²) in [5, 5.41) is 14.0. The zero-order chi connectivity index (χ0) is 23.3. The van der Waals surface area contributed by atoms with Gasteiger partial charge in [0.15, 0.2) is 0 Å². The van der Waals surface area contributed by atoms with E-state index in [2.05, 4.69) is 15.1 Å². The minimum Gasteiger partial charge on any atom is -0.497 e. The quantitative estimate of drug-likeness (QED) is 0.474. The summed E-state index contributed by atoms with van der Waals surface area (Å²) in [5.74, 6) is 1.34. The second-order valence-corrected chi connectivity index (χ2v) is 7.98. The van der Waals surface area contributed by atoms with E-state index in [-0.39, 0.29) is 22.3 Å². The molecule has 0 aliphatic carbocycles. The van der Waals surface area contributed by atoms with Gasteiger partial charge >= 0.3 is 0 Å². The van der Waals surface area contributed by atoms with Crippen LogP contribution in [0.25, 0.3) is 0 Å². The molecule has 0 bridgehead atoms. The summed E-state index contributed by atoms with van der Waals surface area (Å²) in [6, 6.07) is 9.32. The first-order valence-electron chi connectivity index (χ1n) is 10.2. The highest BCUT2D eigenvalue weighted by Gasteiger charge is 2.27. The molecule has 0 spiro atoms. The first kappa shape index (κ1) is 23.8. The van der Waals surface area contributed by atoms with Crippen molar-refractivity contribution in [1.29, 1.82) is 0 Å². The predicted molar refractivity (Wildman–Crippen MR) is 123 cm³/mol. The Balaban J connectivity index is 1.58. The summed E-state index contributed by atoms with van der Waals surface area (Å²) < 4.78 is 10.8. The Bertz CT molecular complexity index is 979. The molecule has 0 saturated carbocycles. The van der Waals surface area contributed by atoms with E-state index in [0.717, 1.165) is 36.7 Å². The summed E-state index contributed by atoms with van der Waals surface area (Å²) in [4.78, 5) is 27.6. The van der Waals surface area contributed by atoms with Crippen molar-refractivity contribution < 1.29 is 19.2 Å². The van der Waals surface area contributed by atoms with Gasteiger partial charge in [-0.3, -0.25) is 24.7 Å². The van der Waals surface area contributed by atoms with Gasteiger partial charge in [-0.05, 0) is 31.2 Å². The highest BCUT2D eigenvalue weighted by molar-refractivity contribution is 6.33. The second-order valence-electron chi connectivity index (χ2n) is 7.58. The van der Waals surface area contributed by atoms with Crippen molar-refractivity contribution in [2.45, 2.75) is 19.5 Å². The Morgan fingerprint density at radius 3 is 2.50 bits per heavy atom. The normalized spacial score (nSPS) is 15.8. The molecule has 1 atom stereocenters. The predicted octanol–water partition coefficient (Wildman–Crippen LogP) is 3.41. The average molecular weight is 463 g/mol. The Labute approximate surface area is 192 Å². The number of nitro benzene ring substituents is 1. The fourth-order valence-corrected chi connectivity index (χ4v) is 3.85. The van der Waals surface area contributed by atoms with Crippen LogP contribution in [0.3, 0.4) is 0 Å². The molecular formula is C22H27ClN4O5. The Kier molecular flexibility index (Phi) is 7.89. The summed E-state index contributed by atoms with van der Waals surface area (Å²) in [6.45, 7) is 5.54. The molecule has 172 valence electrons. The van der Waals surface area contributed by atoms with Gasteiger partial charge in [0.2, 0.25) is 5.91 Å². The van der Waals surface area contributed by atoms with E-state index in [1.807, 2.05) is 25.1 Å². The number of non-ortho nitro benzene ring substituents is 1. The lowest BCUT2D eigenvalue weighted by Crippen LogP contribution is -2.52. The largest absolute Gasteiger partial charge is 0.497 e. The van der Waals surface area contributed by atoms with Gasteiger partial charge in [-0.15, -0.1) is 0 Å². The molecule has 0 radical (unpaired) electrons. The van der Waals surface area contributed by atoms with E-state index in [1.54, 1.807) is 14.2 Å². The number of carbonyl (C=O) groups is 1. The second kappa shape index (κ2) is 10.6. The van der Waals surface area contributed by atoms with Crippen LogP contribution in [0.4, 0.5) is 11.4 Å². The third-order valence-corrected chi connectivity index (χ3v) is 5.96. The fourth-order valence-electron chi connectivity index (χ4n) is 3.68. The molecule has 1 fully saturated rings. The molecule has 2 aromatic carbocycles. The maximum atomic E-state index is 12.7. The van der Waals surface area contributed by atoms with Crippen LogP contribution in [0, 0.1) is 10.1 Å². The monoisotopic (exact) mass is 462 g/mol. The van der Waals surface area contributed by atoms with Gasteiger partial charge in [0, 0.05) is 50.4 Å². The Hall–Kier alpha value is -2.88. The van der Waals surface area contributed by atoms with Crippen LogP contribution in [0.1, 0.15) is 12.5 Å². The molecule has 2 aromatic rings. The number of rotatable bonds is 8. The highest BCUT2D eigenvalue weighted by Crippen LogP contribution is 2.28. The lowest BCUT2D eigenvalue weighted by Gasteiger charge is -2.37. The molecule has 3 rings (SSSR count). The van der Waals surface area contributed by atoms with Crippen molar-refractivity contribution in [2.75, 3.05) is 45.7 Å². The smallest absolute Gasteiger partial charge is 0.271 e. The van der Waals surface area contributed by atoms with Gasteiger partial charge in [0.05, 0.1) is 35.9 Å². The number of nitro groups is 1. The first-order valence-corrected chi connectivity index (χ1v) is 10.6. The minimum absolute atomic E-state index is 0.126. The van der Waals surface area contributed by atoms with Gasteiger partial charge in [-0.2, -0.15) is 0 Å². The number of halogens is 1. The molecule has 1 unspecified atom stereocenters. The molecule has 1 amide bonds. The third-order valence-electron chi connectivity index (χ3n) is 5.63. The van der Waals surface area contributed by atoms with Gasteiger partial charge in [-0.1, -0.05) is 11.6 Å². The number of piperazine rings is 1. The number of hydrogen-bond donors (Lipinski definition) is 1. The van der Waals surface area contributed by atoms with Crippen molar-refractivity contribution in [3.8, 4) is 11.5 Å². The summed E-state index contributed by atoms with van der Waals surface area (Å²) >= 11 is 6.10. The molecule has 1 heterocycles. The van der Waals surface area contributed by atoms with Crippen molar-refractivity contribution >= 4 is 28.9 Å². The molecule has 1 saturated heterocycles. The van der Waals surface area contributed by atoms with E-state index < -0.39 is 11.0 Å². The van der Waals surface area contributed by atoms with Crippen LogP contribution in [0.15, 0.2) is 36.4 Å². The van der Waals surface area contributed by atoms with Crippen LogP contribution in [0.5, 0.6) is 11.5 Å². The zero-order valence-electron chi connectivity index (χ0n) is 18.3. The van der Waals surface area contributed by atoms with E-state index in [0.29, 0.717) is 13.1 Å². The molecule has 0 aromatic heterocycles. The Morgan fingerprint density at radius 2 is 1.88 bits per heavy atom. The molecule has 1 aliphatic heterocycles. The van der Waals surface area contributed by atoms with Crippen LogP contribution in [-0.2, 0) is 11.3 Å². The summed E-state index contributed by atoms with van der Waals surface area (Å²) in [5.41, 5.74) is 1.16. The molecule has 1 aliphatic rings. The van der Waals surface area contributed by atoms with Crippen LogP contribution in [0.2, 0.25) is 5.02 Å². The van der Waals surface area contributed by atoms with E-state index >= 15 is 0 Å². The summed E-state index contributed by atoms with van der Waals surface area (Å²) in [6.07, 6.45) is 0. The Morgan fingerprint density at radius 1 is 1.16 bits per heavy atom. The highest BCUT2D eigenvalue weighted by atomic mass is 35.5. The van der Waals surface area contributed by atoms with Gasteiger partial charge < -0.3 is 14.8 Å². The van der Waals surface area contributed by atoms with Crippen molar-refractivity contribution in [3.05, 3.63) is 57.1 Å². The maximum absolute atomic E-state index is 12.7. The van der Waals surface area contributed by atoms with E-state index in [4.69, 9.17) is 21.1 Å². The molecule has 32 heavy (non-hydrogen) atoms. The van der Waals surface area contributed by atoms with Crippen molar-refractivity contribution in [1.82, 2.24) is 9.80 Å². The number of carbonyl (C=O) groups excluding carboxylic acids is 1. The molecule has 1 N–H and O–H groups in total. The SMILES string of the molecule is COc1ccc(OC)c(CN2CCN(C(C)C(=O)Nc3cc([N+](=O)[O-])ccc3Cl)CC2)c1.